The first kappa shape index (κ1) is 11.4. The predicted octanol–water partition coefficient (Wildman–Crippen LogP) is 1.33. The maximum atomic E-state index is 10.6. The molecule has 0 saturated heterocycles. The summed E-state index contributed by atoms with van der Waals surface area (Å²) in [5.41, 5.74) is -0.146. The molecule has 1 aromatic heterocycles. The first-order valence-electron chi connectivity index (χ1n) is 5.41. The van der Waals surface area contributed by atoms with Gasteiger partial charge in [-0.2, -0.15) is 0 Å². The summed E-state index contributed by atoms with van der Waals surface area (Å²) in [6.07, 6.45) is 5.39. The average Bonchev–Trinajstić information content (AvgIpc) is 3.13. The number of aliphatic hydroxyl groups is 1. The van der Waals surface area contributed by atoms with Gasteiger partial charge in [0.15, 0.2) is 0 Å². The van der Waals surface area contributed by atoms with Crippen molar-refractivity contribution in [3.05, 3.63) is 24.0 Å². The Bertz CT molecular complexity index is 365. The minimum absolute atomic E-state index is 0.279. The molecule has 1 fully saturated rings. The zero-order valence-electron chi connectivity index (χ0n) is 9.64. The minimum Gasteiger partial charge on any atom is -0.495 e. The summed E-state index contributed by atoms with van der Waals surface area (Å²) < 4.78 is 10.2. The van der Waals surface area contributed by atoms with Gasteiger partial charge in [0.05, 0.1) is 19.9 Å². The fraction of sp³-hybridized carbons (Fsp3) is 0.583. The third-order valence-corrected chi connectivity index (χ3v) is 3.07. The Balaban J connectivity index is 2.30. The molecule has 1 N–H and O–H groups in total. The summed E-state index contributed by atoms with van der Waals surface area (Å²) >= 11 is 0. The zero-order chi connectivity index (χ0) is 11.6. The molecule has 4 heteroatoms. The van der Waals surface area contributed by atoms with Crippen LogP contribution in [-0.4, -0.2) is 30.9 Å². The van der Waals surface area contributed by atoms with Crippen LogP contribution in [0.1, 0.15) is 18.4 Å². The Hall–Kier alpha value is -1.13. The van der Waals surface area contributed by atoms with Crippen molar-refractivity contribution in [2.24, 2.45) is 5.92 Å². The quantitative estimate of drug-likeness (QED) is 0.818. The average molecular weight is 223 g/mol. The molecule has 2 rings (SSSR count). The van der Waals surface area contributed by atoms with Gasteiger partial charge >= 0.3 is 0 Å². The number of rotatable bonds is 5. The van der Waals surface area contributed by atoms with Gasteiger partial charge in [0.25, 0.3) is 0 Å². The van der Waals surface area contributed by atoms with E-state index in [9.17, 15) is 5.11 Å². The molecule has 4 nitrogen and oxygen atoms in total. The van der Waals surface area contributed by atoms with Gasteiger partial charge in [-0.3, -0.25) is 4.98 Å². The highest BCUT2D eigenvalue weighted by Crippen LogP contribution is 2.46. The summed E-state index contributed by atoms with van der Waals surface area (Å²) in [6.45, 7) is 0.298. The molecule has 0 aromatic carbocycles. The second kappa shape index (κ2) is 4.39. The van der Waals surface area contributed by atoms with Crippen LogP contribution in [0, 0.1) is 5.92 Å². The summed E-state index contributed by atoms with van der Waals surface area (Å²) in [7, 11) is 3.19. The van der Waals surface area contributed by atoms with E-state index in [0.717, 1.165) is 18.4 Å². The Labute approximate surface area is 95.2 Å². The van der Waals surface area contributed by atoms with E-state index in [1.807, 2.05) is 6.07 Å². The Morgan fingerprint density at radius 1 is 1.44 bits per heavy atom. The number of nitrogens with zero attached hydrogens (tertiary/aromatic N) is 1. The molecule has 1 aliphatic carbocycles. The Morgan fingerprint density at radius 3 is 2.75 bits per heavy atom. The zero-order valence-corrected chi connectivity index (χ0v) is 9.64. The Kier molecular flexibility index (Phi) is 3.12. The van der Waals surface area contributed by atoms with Crippen molar-refractivity contribution in [3.63, 3.8) is 0 Å². The van der Waals surface area contributed by atoms with Gasteiger partial charge in [-0.15, -0.1) is 0 Å². The SMILES string of the molecule is COCC(O)(c1cncc(OC)c1)C1CC1. The van der Waals surface area contributed by atoms with E-state index < -0.39 is 5.60 Å². The Morgan fingerprint density at radius 2 is 2.19 bits per heavy atom. The van der Waals surface area contributed by atoms with Crippen molar-refractivity contribution >= 4 is 0 Å². The van der Waals surface area contributed by atoms with E-state index in [2.05, 4.69) is 4.98 Å². The molecule has 0 amide bonds. The molecule has 1 unspecified atom stereocenters. The second-order valence-corrected chi connectivity index (χ2v) is 4.24. The first-order chi connectivity index (χ1) is 7.70. The fourth-order valence-electron chi connectivity index (χ4n) is 1.99. The molecular weight excluding hydrogens is 206 g/mol. The maximum Gasteiger partial charge on any atom is 0.137 e. The molecule has 0 bridgehead atoms. The highest BCUT2D eigenvalue weighted by molar-refractivity contribution is 5.29. The third kappa shape index (κ3) is 2.03. The van der Waals surface area contributed by atoms with Gasteiger partial charge in [0, 0.05) is 18.9 Å². The van der Waals surface area contributed by atoms with Crippen molar-refractivity contribution in [2.45, 2.75) is 18.4 Å². The smallest absolute Gasteiger partial charge is 0.137 e. The molecular formula is C12H17NO3. The van der Waals surface area contributed by atoms with Crippen LogP contribution in [0.3, 0.4) is 0 Å². The summed E-state index contributed by atoms with van der Waals surface area (Å²) in [5, 5.41) is 10.6. The van der Waals surface area contributed by atoms with Crippen molar-refractivity contribution in [1.82, 2.24) is 4.98 Å². The highest BCUT2D eigenvalue weighted by Gasteiger charge is 2.45. The molecule has 1 aromatic rings. The number of pyridine rings is 1. The van der Waals surface area contributed by atoms with E-state index in [4.69, 9.17) is 9.47 Å². The van der Waals surface area contributed by atoms with Crippen LogP contribution in [0.2, 0.25) is 0 Å². The number of methoxy groups -OCH3 is 2. The number of hydrogen-bond acceptors (Lipinski definition) is 4. The van der Waals surface area contributed by atoms with Gasteiger partial charge in [0.1, 0.15) is 11.4 Å². The van der Waals surface area contributed by atoms with Crippen LogP contribution < -0.4 is 4.74 Å². The molecule has 1 heterocycles. The lowest BCUT2D eigenvalue weighted by Crippen LogP contribution is -2.33. The van der Waals surface area contributed by atoms with Crippen molar-refractivity contribution < 1.29 is 14.6 Å². The van der Waals surface area contributed by atoms with Crippen LogP contribution in [0.25, 0.3) is 0 Å². The van der Waals surface area contributed by atoms with E-state index >= 15 is 0 Å². The maximum absolute atomic E-state index is 10.6. The molecule has 88 valence electrons. The van der Waals surface area contributed by atoms with Crippen LogP contribution in [0.15, 0.2) is 18.5 Å². The van der Waals surface area contributed by atoms with Crippen LogP contribution in [-0.2, 0) is 10.3 Å². The van der Waals surface area contributed by atoms with E-state index in [1.54, 1.807) is 26.6 Å². The fourth-order valence-corrected chi connectivity index (χ4v) is 1.99. The standard InChI is InChI=1S/C12H17NO3/c1-15-8-12(14,9-3-4-9)10-5-11(16-2)7-13-6-10/h5-7,9,14H,3-4,8H2,1-2H3. The topological polar surface area (TPSA) is 51.6 Å². The molecule has 1 saturated carbocycles. The normalized spacial score (nSPS) is 19.2. The number of ether oxygens (including phenoxy) is 2. The summed E-state index contributed by atoms with van der Waals surface area (Å²) in [5.74, 6) is 0.939. The highest BCUT2D eigenvalue weighted by atomic mass is 16.5. The van der Waals surface area contributed by atoms with Gasteiger partial charge in [-0.1, -0.05) is 0 Å². The monoisotopic (exact) mass is 223 g/mol. The third-order valence-electron chi connectivity index (χ3n) is 3.07. The van der Waals surface area contributed by atoms with Crippen LogP contribution >= 0.6 is 0 Å². The van der Waals surface area contributed by atoms with Crippen molar-refractivity contribution in [3.8, 4) is 5.75 Å². The number of hydrogen-bond donors (Lipinski definition) is 1. The summed E-state index contributed by atoms with van der Waals surface area (Å²) in [4.78, 5) is 4.07. The molecule has 0 spiro atoms. The molecule has 0 radical (unpaired) electrons. The summed E-state index contributed by atoms with van der Waals surface area (Å²) in [6, 6.07) is 1.82. The molecule has 16 heavy (non-hydrogen) atoms. The van der Waals surface area contributed by atoms with Gasteiger partial charge < -0.3 is 14.6 Å². The second-order valence-electron chi connectivity index (χ2n) is 4.24. The van der Waals surface area contributed by atoms with Crippen LogP contribution in [0.4, 0.5) is 0 Å². The molecule has 0 aliphatic heterocycles. The van der Waals surface area contributed by atoms with Gasteiger partial charge in [0.2, 0.25) is 0 Å². The van der Waals surface area contributed by atoms with Gasteiger partial charge in [-0.05, 0) is 24.8 Å². The van der Waals surface area contributed by atoms with Crippen molar-refractivity contribution in [2.75, 3.05) is 20.8 Å². The largest absolute Gasteiger partial charge is 0.495 e. The van der Waals surface area contributed by atoms with Gasteiger partial charge in [-0.25, -0.2) is 0 Å². The van der Waals surface area contributed by atoms with E-state index in [1.165, 1.54) is 0 Å². The lowest BCUT2D eigenvalue weighted by atomic mass is 9.91. The molecule has 1 aliphatic rings. The first-order valence-corrected chi connectivity index (χ1v) is 5.41. The van der Waals surface area contributed by atoms with Crippen LogP contribution in [0.5, 0.6) is 5.75 Å². The van der Waals surface area contributed by atoms with E-state index in [0.29, 0.717) is 12.4 Å². The minimum atomic E-state index is -0.920. The molecule has 1 atom stereocenters. The number of aromatic nitrogens is 1. The van der Waals surface area contributed by atoms with Crippen molar-refractivity contribution in [1.29, 1.82) is 0 Å². The lowest BCUT2D eigenvalue weighted by molar-refractivity contribution is -0.0536. The predicted molar refractivity (Wildman–Crippen MR) is 59.3 cm³/mol. The van der Waals surface area contributed by atoms with E-state index in [-0.39, 0.29) is 5.92 Å². The lowest BCUT2D eigenvalue weighted by Gasteiger charge is -2.27.